The third-order valence-electron chi connectivity index (χ3n) is 5.64. The lowest BCUT2D eigenvalue weighted by Gasteiger charge is -2.44. The first kappa shape index (κ1) is 19.1. The van der Waals surface area contributed by atoms with Gasteiger partial charge in [-0.3, -0.25) is 4.79 Å². The Morgan fingerprint density at radius 2 is 1.97 bits per heavy atom. The topological polar surface area (TPSA) is 84.2 Å². The summed E-state index contributed by atoms with van der Waals surface area (Å²) in [5.74, 6) is 1.84. The molecule has 2 aliphatic rings. The highest BCUT2D eigenvalue weighted by Gasteiger charge is 2.47. The van der Waals surface area contributed by atoms with E-state index in [2.05, 4.69) is 0 Å². The molecule has 1 aliphatic carbocycles. The Balaban J connectivity index is 1.79. The van der Waals surface area contributed by atoms with Crippen LogP contribution in [0.5, 0.6) is 17.2 Å². The van der Waals surface area contributed by atoms with E-state index in [0.717, 1.165) is 18.4 Å². The molecule has 0 saturated heterocycles. The largest absolute Gasteiger partial charge is 0.493 e. The fraction of sp³-hybridized carbons (Fsp3) is 0.364. The van der Waals surface area contributed by atoms with Crippen molar-refractivity contribution in [2.45, 2.75) is 37.9 Å². The number of methoxy groups -OCH3 is 2. The summed E-state index contributed by atoms with van der Waals surface area (Å²) in [6.45, 7) is 2.34. The average Bonchev–Trinajstić information content (AvgIpc) is 2.72. The molecule has 1 fully saturated rings. The molecular formula is C22H22O7. The minimum absolute atomic E-state index is 0.346. The molecule has 1 aromatic heterocycles. The predicted octanol–water partition coefficient (Wildman–Crippen LogP) is 3.58. The van der Waals surface area contributed by atoms with Crippen molar-refractivity contribution in [3.63, 3.8) is 0 Å². The predicted molar refractivity (Wildman–Crippen MR) is 105 cm³/mol. The lowest BCUT2D eigenvalue weighted by atomic mass is 9.77. The first-order chi connectivity index (χ1) is 14.0. The van der Waals surface area contributed by atoms with Crippen molar-refractivity contribution in [2.24, 2.45) is 0 Å². The number of hydrogen-bond acceptors (Lipinski definition) is 7. The second-order valence-electron chi connectivity index (χ2n) is 7.24. The van der Waals surface area contributed by atoms with Crippen LogP contribution in [-0.2, 0) is 9.53 Å². The maximum Gasteiger partial charge on any atom is 0.347 e. The molecule has 2 heterocycles. The van der Waals surface area contributed by atoms with Crippen LogP contribution in [-0.4, -0.2) is 32.4 Å². The van der Waals surface area contributed by atoms with Gasteiger partial charge < -0.3 is 23.4 Å². The van der Waals surface area contributed by atoms with Gasteiger partial charge >= 0.3 is 5.63 Å². The van der Waals surface area contributed by atoms with Crippen molar-refractivity contribution in [1.82, 2.24) is 0 Å². The lowest BCUT2D eigenvalue weighted by Crippen LogP contribution is -2.51. The maximum atomic E-state index is 12.7. The Morgan fingerprint density at radius 3 is 2.69 bits per heavy atom. The Morgan fingerprint density at radius 1 is 1.17 bits per heavy atom. The zero-order chi connectivity index (χ0) is 20.6. The van der Waals surface area contributed by atoms with E-state index in [-0.39, 0.29) is 0 Å². The fourth-order valence-corrected chi connectivity index (χ4v) is 4.05. The minimum Gasteiger partial charge on any atom is -0.493 e. The van der Waals surface area contributed by atoms with Crippen LogP contribution in [0.15, 0.2) is 39.1 Å². The average molecular weight is 398 g/mol. The summed E-state index contributed by atoms with van der Waals surface area (Å²) in [5.41, 5.74) is 0.646. The minimum atomic E-state index is -0.811. The number of rotatable bonds is 5. The van der Waals surface area contributed by atoms with Gasteiger partial charge in [0.15, 0.2) is 17.1 Å². The molecule has 29 heavy (non-hydrogen) atoms. The number of carbonyl (C=O) groups excluding carboxylic acids is 1. The molecule has 4 rings (SSSR count). The van der Waals surface area contributed by atoms with Crippen LogP contribution in [0.2, 0.25) is 0 Å². The van der Waals surface area contributed by atoms with Gasteiger partial charge in [0.25, 0.3) is 6.47 Å². The Hall–Kier alpha value is -3.22. The van der Waals surface area contributed by atoms with Crippen LogP contribution in [0.1, 0.15) is 31.7 Å². The van der Waals surface area contributed by atoms with Crippen molar-refractivity contribution in [3.05, 3.63) is 45.8 Å². The van der Waals surface area contributed by atoms with Crippen LogP contribution in [0.4, 0.5) is 0 Å². The Kier molecular flexibility index (Phi) is 4.82. The standard InChI is InChI=1S/C22H22O7/c1-22-14(5-4-6-20(22)27-12-23)10-15-18(29-22)11-17(28-21(15)24)13-7-8-16(25-2)19(9-13)26-3/h7-12,20H,4-6H2,1-3H3/t20-,22-/m1/s1. The highest BCUT2D eigenvalue weighted by atomic mass is 16.6. The summed E-state index contributed by atoms with van der Waals surface area (Å²) in [6, 6.07) is 6.93. The van der Waals surface area contributed by atoms with Gasteiger partial charge in [0.05, 0.1) is 14.2 Å². The zero-order valence-electron chi connectivity index (χ0n) is 16.5. The maximum absolute atomic E-state index is 12.7. The van der Waals surface area contributed by atoms with E-state index in [9.17, 15) is 9.59 Å². The van der Waals surface area contributed by atoms with Gasteiger partial charge in [-0.25, -0.2) is 4.79 Å². The first-order valence-electron chi connectivity index (χ1n) is 9.40. The lowest BCUT2D eigenvalue weighted by molar-refractivity contribution is -0.145. The number of fused-ring (bicyclic) bond motifs is 2. The van der Waals surface area contributed by atoms with Crippen molar-refractivity contribution >= 4 is 12.5 Å². The van der Waals surface area contributed by atoms with Crippen LogP contribution >= 0.6 is 0 Å². The molecule has 7 heteroatoms. The molecule has 7 nitrogen and oxygen atoms in total. The van der Waals surface area contributed by atoms with E-state index < -0.39 is 17.3 Å². The second-order valence-corrected chi connectivity index (χ2v) is 7.24. The van der Waals surface area contributed by atoms with Crippen molar-refractivity contribution in [3.8, 4) is 28.6 Å². The highest BCUT2D eigenvalue weighted by molar-refractivity contribution is 5.69. The molecule has 1 aromatic carbocycles. The van der Waals surface area contributed by atoms with Crippen molar-refractivity contribution in [2.75, 3.05) is 14.2 Å². The van der Waals surface area contributed by atoms with E-state index >= 15 is 0 Å². The van der Waals surface area contributed by atoms with E-state index in [1.54, 1.807) is 31.4 Å². The van der Waals surface area contributed by atoms with Crippen LogP contribution in [0, 0.1) is 0 Å². The molecule has 0 N–H and O–H groups in total. The number of benzene rings is 1. The molecule has 1 saturated carbocycles. The van der Waals surface area contributed by atoms with Gasteiger partial charge in [0.2, 0.25) is 0 Å². The van der Waals surface area contributed by atoms with Crippen LogP contribution in [0.3, 0.4) is 0 Å². The van der Waals surface area contributed by atoms with Gasteiger partial charge in [-0.05, 0) is 56.0 Å². The van der Waals surface area contributed by atoms with Gasteiger partial charge in [-0.1, -0.05) is 0 Å². The second kappa shape index (κ2) is 7.31. The summed E-state index contributed by atoms with van der Waals surface area (Å²) in [5, 5.41) is 0. The van der Waals surface area contributed by atoms with Crippen molar-refractivity contribution in [1.29, 1.82) is 0 Å². The molecule has 152 valence electrons. The summed E-state index contributed by atoms with van der Waals surface area (Å²) in [6.07, 6.45) is 3.72. The molecule has 2 atom stereocenters. The normalized spacial score (nSPS) is 22.4. The zero-order valence-corrected chi connectivity index (χ0v) is 16.5. The van der Waals surface area contributed by atoms with E-state index in [1.165, 1.54) is 7.11 Å². The molecular weight excluding hydrogens is 376 g/mol. The van der Waals surface area contributed by atoms with E-state index in [4.69, 9.17) is 23.4 Å². The highest BCUT2D eigenvalue weighted by Crippen LogP contribution is 2.44. The van der Waals surface area contributed by atoms with E-state index in [1.807, 2.05) is 13.0 Å². The Labute approximate surface area is 167 Å². The summed E-state index contributed by atoms with van der Waals surface area (Å²) >= 11 is 0. The van der Waals surface area contributed by atoms with Crippen LogP contribution in [0.25, 0.3) is 17.4 Å². The monoisotopic (exact) mass is 398 g/mol. The molecule has 0 spiro atoms. The third-order valence-corrected chi connectivity index (χ3v) is 5.64. The molecule has 1 aliphatic heterocycles. The Bertz CT molecular complexity index is 1040. The fourth-order valence-electron chi connectivity index (χ4n) is 4.05. The first-order valence-corrected chi connectivity index (χ1v) is 9.40. The summed E-state index contributed by atoms with van der Waals surface area (Å²) < 4.78 is 27.7. The quantitative estimate of drug-likeness (QED) is 0.712. The van der Waals surface area contributed by atoms with Gasteiger partial charge in [0.1, 0.15) is 23.2 Å². The third kappa shape index (κ3) is 3.16. The van der Waals surface area contributed by atoms with E-state index in [0.29, 0.717) is 47.0 Å². The molecule has 0 bridgehead atoms. The molecule has 2 aromatic rings. The SMILES string of the molecule is COc1ccc(-c2cc3c(c(=O)o2)C=C2CCC[C@@H](OC=O)[C@]2(C)O3)cc1OC. The van der Waals surface area contributed by atoms with Crippen LogP contribution < -0.4 is 19.8 Å². The van der Waals surface area contributed by atoms with Gasteiger partial charge in [-0.2, -0.15) is 0 Å². The van der Waals surface area contributed by atoms with Gasteiger partial charge in [-0.15, -0.1) is 0 Å². The summed E-state index contributed by atoms with van der Waals surface area (Å²) in [4.78, 5) is 23.6. The summed E-state index contributed by atoms with van der Waals surface area (Å²) in [7, 11) is 3.09. The molecule has 0 unspecified atom stereocenters. The van der Waals surface area contributed by atoms with Gasteiger partial charge in [0, 0.05) is 11.6 Å². The smallest absolute Gasteiger partial charge is 0.347 e. The molecule has 0 amide bonds. The number of carbonyl (C=O) groups is 1. The molecule has 0 radical (unpaired) electrons. The number of ether oxygens (including phenoxy) is 4. The number of hydrogen-bond donors (Lipinski definition) is 0. The van der Waals surface area contributed by atoms with Crippen molar-refractivity contribution < 1.29 is 28.2 Å².